The molecule has 1 aliphatic rings. The van der Waals surface area contributed by atoms with Crippen molar-refractivity contribution < 1.29 is 14.7 Å². The predicted molar refractivity (Wildman–Crippen MR) is 103 cm³/mol. The zero-order valence-corrected chi connectivity index (χ0v) is 15.8. The van der Waals surface area contributed by atoms with Crippen molar-refractivity contribution in [1.82, 2.24) is 9.88 Å². The third-order valence-corrected chi connectivity index (χ3v) is 4.66. The summed E-state index contributed by atoms with van der Waals surface area (Å²) < 4.78 is 0. The molecule has 1 N–H and O–H groups in total. The Morgan fingerprint density at radius 2 is 1.93 bits per heavy atom. The van der Waals surface area contributed by atoms with Gasteiger partial charge in [-0.1, -0.05) is 43.7 Å². The summed E-state index contributed by atoms with van der Waals surface area (Å²) in [6, 6.07) is 10.8. The third-order valence-electron chi connectivity index (χ3n) is 4.66. The second-order valence-corrected chi connectivity index (χ2v) is 7.39. The number of Topliss-reactive ketones (excluding diaryl/α,β-unsaturated/α-hetero) is 1. The van der Waals surface area contributed by atoms with Gasteiger partial charge in [-0.2, -0.15) is 0 Å². The van der Waals surface area contributed by atoms with Gasteiger partial charge in [0.25, 0.3) is 5.91 Å². The Labute approximate surface area is 159 Å². The van der Waals surface area contributed by atoms with Crippen molar-refractivity contribution in [2.24, 2.45) is 5.92 Å². The maximum absolute atomic E-state index is 12.9. The first-order valence-corrected chi connectivity index (χ1v) is 9.11. The van der Waals surface area contributed by atoms with Crippen LogP contribution in [0.1, 0.15) is 43.0 Å². The number of nitrogens with zero attached hydrogens (tertiary/aromatic N) is 2. The first kappa shape index (κ1) is 18.8. The molecule has 0 spiro atoms. The molecule has 5 nitrogen and oxygen atoms in total. The molecule has 0 saturated heterocycles. The number of aliphatic hydroxyl groups excluding tert-OH is 1. The lowest BCUT2D eigenvalue weighted by Gasteiger charge is -2.27. The highest BCUT2D eigenvalue weighted by Gasteiger charge is 2.43. The number of aryl methyl sites for hydroxylation is 1. The van der Waals surface area contributed by atoms with Gasteiger partial charge >= 0.3 is 0 Å². The molecule has 1 aliphatic heterocycles. The number of carbonyl (C=O) groups is 2. The zero-order valence-electron chi connectivity index (χ0n) is 15.8. The van der Waals surface area contributed by atoms with Gasteiger partial charge in [0.1, 0.15) is 0 Å². The fourth-order valence-electron chi connectivity index (χ4n) is 3.45. The van der Waals surface area contributed by atoms with Gasteiger partial charge in [0.15, 0.2) is 11.5 Å². The van der Waals surface area contributed by atoms with Gasteiger partial charge in [-0.3, -0.25) is 14.6 Å². The van der Waals surface area contributed by atoms with Crippen molar-refractivity contribution in [1.29, 1.82) is 0 Å². The maximum atomic E-state index is 12.9. The van der Waals surface area contributed by atoms with Crippen LogP contribution < -0.4 is 0 Å². The van der Waals surface area contributed by atoms with E-state index >= 15 is 0 Å². The van der Waals surface area contributed by atoms with E-state index in [2.05, 4.69) is 4.98 Å². The average molecular weight is 364 g/mol. The van der Waals surface area contributed by atoms with E-state index in [4.69, 9.17) is 0 Å². The highest BCUT2D eigenvalue weighted by molar-refractivity contribution is 6.09. The van der Waals surface area contributed by atoms with Gasteiger partial charge in [-0.25, -0.2) is 0 Å². The summed E-state index contributed by atoms with van der Waals surface area (Å²) in [5, 5.41) is 10.5. The summed E-state index contributed by atoms with van der Waals surface area (Å²) in [7, 11) is 0. The number of pyridine rings is 1. The molecule has 0 radical (unpaired) electrons. The Bertz CT molecular complexity index is 887. The van der Waals surface area contributed by atoms with Crippen molar-refractivity contribution >= 4 is 11.7 Å². The van der Waals surface area contributed by atoms with Crippen molar-refractivity contribution in [3.63, 3.8) is 0 Å². The molecule has 5 heteroatoms. The lowest BCUT2D eigenvalue weighted by atomic mass is 9.91. The van der Waals surface area contributed by atoms with Crippen LogP contribution in [0.25, 0.3) is 0 Å². The van der Waals surface area contributed by atoms with Crippen LogP contribution in [-0.4, -0.2) is 26.7 Å². The molecule has 0 saturated carbocycles. The molecule has 1 amide bonds. The number of aliphatic hydroxyl groups is 1. The van der Waals surface area contributed by atoms with Gasteiger partial charge in [0.2, 0.25) is 0 Å². The Hall–Kier alpha value is -2.95. The molecule has 0 bridgehead atoms. The van der Waals surface area contributed by atoms with Crippen LogP contribution in [0.4, 0.5) is 0 Å². The van der Waals surface area contributed by atoms with Crippen LogP contribution in [0.2, 0.25) is 0 Å². The molecule has 2 aromatic rings. The highest BCUT2D eigenvalue weighted by atomic mass is 16.3. The Balaban J connectivity index is 2.05. The number of amides is 1. The topological polar surface area (TPSA) is 70.5 Å². The fourth-order valence-corrected chi connectivity index (χ4v) is 3.45. The summed E-state index contributed by atoms with van der Waals surface area (Å²) in [5.41, 5.74) is 2.95. The standard InChI is InChI=1S/C22H24N2O3/c1-14(2)11-18(25)19-20(17-6-4-5-15(3)12-17)24(22(27)21(19)26)13-16-7-9-23-10-8-16/h4-10,12,14,20,26H,11,13H2,1-3H3. The number of hydrogen-bond donors (Lipinski definition) is 1. The molecule has 1 unspecified atom stereocenters. The normalized spacial score (nSPS) is 17.1. The quantitative estimate of drug-likeness (QED) is 0.844. The molecular formula is C22H24N2O3. The van der Waals surface area contributed by atoms with Crippen LogP contribution in [0, 0.1) is 12.8 Å². The molecular weight excluding hydrogens is 340 g/mol. The van der Waals surface area contributed by atoms with Gasteiger partial charge in [0, 0.05) is 25.4 Å². The third kappa shape index (κ3) is 3.92. The second kappa shape index (κ2) is 7.74. The van der Waals surface area contributed by atoms with E-state index in [1.54, 1.807) is 17.3 Å². The van der Waals surface area contributed by atoms with Crippen LogP contribution in [0.3, 0.4) is 0 Å². The van der Waals surface area contributed by atoms with E-state index in [0.29, 0.717) is 6.54 Å². The van der Waals surface area contributed by atoms with Crippen molar-refractivity contribution in [3.8, 4) is 0 Å². The van der Waals surface area contributed by atoms with Crippen LogP contribution in [0.15, 0.2) is 60.1 Å². The molecule has 1 aromatic heterocycles. The SMILES string of the molecule is Cc1cccc(C2C(C(=O)CC(C)C)=C(O)C(=O)N2Cc2ccncc2)c1. The van der Waals surface area contributed by atoms with Gasteiger partial charge in [0.05, 0.1) is 11.6 Å². The number of aromatic nitrogens is 1. The zero-order chi connectivity index (χ0) is 19.6. The smallest absolute Gasteiger partial charge is 0.290 e. The van der Waals surface area contributed by atoms with Crippen LogP contribution in [0.5, 0.6) is 0 Å². The lowest BCUT2D eigenvalue weighted by Crippen LogP contribution is -2.30. The Kier molecular flexibility index (Phi) is 5.40. The summed E-state index contributed by atoms with van der Waals surface area (Å²) >= 11 is 0. The molecule has 2 heterocycles. The lowest BCUT2D eigenvalue weighted by molar-refractivity contribution is -0.130. The molecule has 140 valence electrons. The number of carbonyl (C=O) groups excluding carboxylic acids is 2. The van der Waals surface area contributed by atoms with E-state index in [-0.39, 0.29) is 23.7 Å². The van der Waals surface area contributed by atoms with Crippen LogP contribution >= 0.6 is 0 Å². The molecule has 3 rings (SSSR count). The van der Waals surface area contributed by atoms with E-state index in [0.717, 1.165) is 16.7 Å². The minimum absolute atomic E-state index is 0.139. The summed E-state index contributed by atoms with van der Waals surface area (Å²) in [6.45, 7) is 6.15. The molecule has 27 heavy (non-hydrogen) atoms. The molecule has 0 aliphatic carbocycles. The molecule has 1 aromatic carbocycles. The fraction of sp³-hybridized carbons (Fsp3) is 0.318. The van der Waals surface area contributed by atoms with E-state index in [9.17, 15) is 14.7 Å². The average Bonchev–Trinajstić information content (AvgIpc) is 2.87. The van der Waals surface area contributed by atoms with Gasteiger partial charge in [-0.15, -0.1) is 0 Å². The van der Waals surface area contributed by atoms with E-state index < -0.39 is 17.7 Å². The van der Waals surface area contributed by atoms with Crippen LogP contribution in [-0.2, 0) is 16.1 Å². The monoisotopic (exact) mass is 364 g/mol. The molecule has 0 fully saturated rings. The van der Waals surface area contributed by atoms with E-state index in [1.807, 2.05) is 57.2 Å². The summed E-state index contributed by atoms with van der Waals surface area (Å²) in [6.07, 6.45) is 3.61. The summed E-state index contributed by atoms with van der Waals surface area (Å²) in [5.74, 6) is -0.980. The summed E-state index contributed by atoms with van der Waals surface area (Å²) in [4.78, 5) is 31.3. The van der Waals surface area contributed by atoms with Gasteiger partial charge < -0.3 is 10.0 Å². The van der Waals surface area contributed by atoms with Crippen molar-refractivity contribution in [3.05, 3.63) is 76.8 Å². The van der Waals surface area contributed by atoms with Crippen molar-refractivity contribution in [2.45, 2.75) is 39.8 Å². The molecule has 1 atom stereocenters. The number of hydrogen-bond acceptors (Lipinski definition) is 4. The maximum Gasteiger partial charge on any atom is 0.290 e. The van der Waals surface area contributed by atoms with E-state index in [1.165, 1.54) is 0 Å². The van der Waals surface area contributed by atoms with Crippen molar-refractivity contribution in [2.75, 3.05) is 0 Å². The highest BCUT2D eigenvalue weighted by Crippen LogP contribution is 2.39. The Morgan fingerprint density at radius 1 is 1.22 bits per heavy atom. The minimum atomic E-state index is -0.586. The predicted octanol–water partition coefficient (Wildman–Crippen LogP) is 3.90. The Morgan fingerprint density at radius 3 is 2.56 bits per heavy atom. The minimum Gasteiger partial charge on any atom is -0.503 e. The van der Waals surface area contributed by atoms with Gasteiger partial charge in [-0.05, 0) is 36.1 Å². The number of benzene rings is 1. The first-order chi connectivity index (χ1) is 12.9. The first-order valence-electron chi connectivity index (χ1n) is 9.11. The second-order valence-electron chi connectivity index (χ2n) is 7.39. The largest absolute Gasteiger partial charge is 0.503 e. The number of rotatable bonds is 6. The number of ketones is 1.